The van der Waals surface area contributed by atoms with Gasteiger partial charge in [-0.05, 0) is 31.0 Å². The van der Waals surface area contributed by atoms with Crippen molar-refractivity contribution in [3.63, 3.8) is 0 Å². The fourth-order valence-electron chi connectivity index (χ4n) is 2.01. The van der Waals surface area contributed by atoms with Crippen LogP contribution in [-0.4, -0.2) is 37.0 Å². The van der Waals surface area contributed by atoms with Gasteiger partial charge in [-0.25, -0.2) is 12.8 Å². The van der Waals surface area contributed by atoms with E-state index in [9.17, 15) is 17.9 Å². The Morgan fingerprint density at radius 3 is 2.83 bits per heavy atom. The fourth-order valence-corrected chi connectivity index (χ4v) is 3.65. The highest BCUT2D eigenvalue weighted by Gasteiger charge is 2.31. The molecule has 1 aromatic carbocycles. The summed E-state index contributed by atoms with van der Waals surface area (Å²) in [6, 6.07) is 3.24. The molecule has 1 heterocycles. The smallest absolute Gasteiger partial charge is 0.245 e. The highest BCUT2D eigenvalue weighted by atomic mass is 32.2. The van der Waals surface area contributed by atoms with Gasteiger partial charge in [0.15, 0.2) is 0 Å². The molecular weight excluding hydrogens is 259 g/mol. The van der Waals surface area contributed by atoms with Crippen LogP contribution in [0.4, 0.5) is 10.1 Å². The van der Waals surface area contributed by atoms with E-state index in [1.165, 1.54) is 6.07 Å². The minimum absolute atomic E-state index is 0.0106. The van der Waals surface area contributed by atoms with Crippen LogP contribution in [0.3, 0.4) is 0 Å². The highest BCUT2D eigenvalue weighted by Crippen LogP contribution is 2.25. The number of hydrogen-bond donors (Lipinski definition) is 2. The molecule has 100 valence electrons. The number of rotatable bonds is 2. The van der Waals surface area contributed by atoms with Crippen LogP contribution < -0.4 is 5.73 Å². The van der Waals surface area contributed by atoms with Gasteiger partial charge in [-0.2, -0.15) is 4.31 Å². The van der Waals surface area contributed by atoms with E-state index in [0.717, 1.165) is 16.4 Å². The van der Waals surface area contributed by atoms with Crippen LogP contribution in [0.25, 0.3) is 0 Å². The van der Waals surface area contributed by atoms with E-state index in [1.807, 2.05) is 0 Å². The number of aliphatic hydroxyl groups excluding tert-OH is 1. The molecule has 0 amide bonds. The number of nitrogen functional groups attached to an aromatic ring is 1. The predicted octanol–water partition coefficient (Wildman–Crippen LogP) is 0.553. The quantitative estimate of drug-likeness (QED) is 0.772. The van der Waals surface area contributed by atoms with Gasteiger partial charge in [0.2, 0.25) is 10.0 Å². The lowest BCUT2D eigenvalue weighted by molar-refractivity contribution is 0.108. The molecule has 18 heavy (non-hydrogen) atoms. The van der Waals surface area contributed by atoms with Crippen molar-refractivity contribution in [1.82, 2.24) is 4.31 Å². The van der Waals surface area contributed by atoms with Crippen LogP contribution in [0, 0.1) is 5.82 Å². The zero-order valence-corrected chi connectivity index (χ0v) is 10.5. The monoisotopic (exact) mass is 274 g/mol. The van der Waals surface area contributed by atoms with E-state index < -0.39 is 21.9 Å². The topological polar surface area (TPSA) is 83.6 Å². The van der Waals surface area contributed by atoms with Crippen LogP contribution in [0.1, 0.15) is 12.8 Å². The van der Waals surface area contributed by atoms with Gasteiger partial charge < -0.3 is 10.8 Å². The van der Waals surface area contributed by atoms with E-state index in [2.05, 4.69) is 0 Å². The van der Waals surface area contributed by atoms with Crippen molar-refractivity contribution in [2.45, 2.75) is 23.8 Å². The first-order valence-electron chi connectivity index (χ1n) is 5.64. The minimum Gasteiger partial charge on any atom is -0.398 e. The Morgan fingerprint density at radius 2 is 2.17 bits per heavy atom. The number of piperidine rings is 1. The average Bonchev–Trinajstić information content (AvgIpc) is 2.32. The summed E-state index contributed by atoms with van der Waals surface area (Å²) >= 11 is 0. The molecule has 0 aromatic heterocycles. The zero-order valence-electron chi connectivity index (χ0n) is 9.71. The van der Waals surface area contributed by atoms with Gasteiger partial charge in [0.05, 0.1) is 11.8 Å². The van der Waals surface area contributed by atoms with Gasteiger partial charge in [0.1, 0.15) is 10.7 Å². The first-order valence-corrected chi connectivity index (χ1v) is 7.08. The number of halogens is 1. The molecule has 1 aromatic rings. The Bertz CT molecular complexity index is 547. The van der Waals surface area contributed by atoms with Crippen LogP contribution in [-0.2, 0) is 10.0 Å². The lowest BCUT2D eigenvalue weighted by atomic mass is 10.1. The third kappa shape index (κ3) is 2.47. The van der Waals surface area contributed by atoms with Crippen molar-refractivity contribution in [2.24, 2.45) is 0 Å². The average molecular weight is 274 g/mol. The highest BCUT2D eigenvalue weighted by molar-refractivity contribution is 7.89. The number of β-amino-alcohol motifs (C(OH)–C–C–N with tert-alkyl or cyclic N) is 1. The van der Waals surface area contributed by atoms with Crippen molar-refractivity contribution in [1.29, 1.82) is 0 Å². The number of sulfonamides is 1. The first-order chi connectivity index (χ1) is 8.41. The molecule has 1 saturated heterocycles. The van der Waals surface area contributed by atoms with Crippen LogP contribution in [0.2, 0.25) is 0 Å². The van der Waals surface area contributed by atoms with Gasteiger partial charge in [-0.3, -0.25) is 0 Å². The van der Waals surface area contributed by atoms with Crippen molar-refractivity contribution in [3.8, 4) is 0 Å². The Hall–Kier alpha value is -1.18. The molecule has 7 heteroatoms. The summed E-state index contributed by atoms with van der Waals surface area (Å²) in [4.78, 5) is -0.239. The van der Waals surface area contributed by atoms with E-state index in [0.29, 0.717) is 19.4 Å². The molecule has 0 radical (unpaired) electrons. The summed E-state index contributed by atoms with van der Waals surface area (Å²) < 4.78 is 38.8. The second-order valence-corrected chi connectivity index (χ2v) is 6.25. The Balaban J connectivity index is 2.38. The lowest BCUT2D eigenvalue weighted by Gasteiger charge is -2.29. The molecule has 0 spiro atoms. The van der Waals surface area contributed by atoms with Crippen molar-refractivity contribution >= 4 is 15.7 Å². The molecule has 5 nitrogen and oxygen atoms in total. The molecule has 2 rings (SSSR count). The van der Waals surface area contributed by atoms with Gasteiger partial charge in [-0.15, -0.1) is 0 Å². The molecule has 1 unspecified atom stereocenters. The molecular formula is C11H15FN2O3S. The Kier molecular flexibility index (Phi) is 3.56. The third-order valence-electron chi connectivity index (χ3n) is 2.95. The second-order valence-electron chi connectivity index (χ2n) is 4.34. The van der Waals surface area contributed by atoms with E-state index in [1.54, 1.807) is 0 Å². The Morgan fingerprint density at radius 1 is 1.44 bits per heavy atom. The summed E-state index contributed by atoms with van der Waals surface area (Å²) in [5.41, 5.74) is 5.59. The van der Waals surface area contributed by atoms with Gasteiger partial charge in [0.25, 0.3) is 0 Å². The van der Waals surface area contributed by atoms with Crippen molar-refractivity contribution in [3.05, 3.63) is 24.0 Å². The van der Waals surface area contributed by atoms with Gasteiger partial charge in [0, 0.05) is 13.1 Å². The summed E-state index contributed by atoms with van der Waals surface area (Å²) in [7, 11) is -3.84. The third-order valence-corrected chi connectivity index (χ3v) is 4.87. The van der Waals surface area contributed by atoms with Crippen molar-refractivity contribution in [2.75, 3.05) is 18.8 Å². The molecule has 3 N–H and O–H groups in total. The molecule has 1 aliphatic heterocycles. The number of aliphatic hydroxyl groups is 1. The molecule has 0 saturated carbocycles. The molecule has 0 aliphatic carbocycles. The maximum atomic E-state index is 13.1. The van der Waals surface area contributed by atoms with Crippen molar-refractivity contribution < 1.29 is 17.9 Å². The minimum atomic E-state index is -3.84. The summed E-state index contributed by atoms with van der Waals surface area (Å²) in [6.45, 7) is 0.341. The Labute approximate surface area is 105 Å². The maximum Gasteiger partial charge on any atom is 0.245 e. The zero-order chi connectivity index (χ0) is 13.3. The fraction of sp³-hybridized carbons (Fsp3) is 0.455. The SMILES string of the molecule is Nc1ccc(F)cc1S(=O)(=O)N1CCCC(O)C1. The van der Waals surface area contributed by atoms with Gasteiger partial charge in [-0.1, -0.05) is 0 Å². The predicted molar refractivity (Wildman–Crippen MR) is 64.8 cm³/mol. The van der Waals surface area contributed by atoms with Crippen LogP contribution in [0.5, 0.6) is 0 Å². The first kappa shape index (κ1) is 13.3. The van der Waals surface area contributed by atoms with E-state index >= 15 is 0 Å². The van der Waals surface area contributed by atoms with Gasteiger partial charge >= 0.3 is 0 Å². The van der Waals surface area contributed by atoms with E-state index in [-0.39, 0.29) is 17.1 Å². The van der Waals surface area contributed by atoms with Crippen LogP contribution >= 0.6 is 0 Å². The standard InChI is InChI=1S/C11H15FN2O3S/c12-8-3-4-10(13)11(6-8)18(16,17)14-5-1-2-9(15)7-14/h3-4,6,9,15H,1-2,5,7,13H2. The van der Waals surface area contributed by atoms with Crippen LogP contribution in [0.15, 0.2) is 23.1 Å². The number of nitrogens with zero attached hydrogens (tertiary/aromatic N) is 1. The summed E-state index contributed by atoms with van der Waals surface area (Å²) in [5, 5.41) is 9.50. The molecule has 1 fully saturated rings. The number of anilines is 1. The number of nitrogens with two attached hydrogens (primary N) is 1. The summed E-state index contributed by atoms with van der Waals surface area (Å²) in [6.07, 6.45) is 0.476. The second kappa shape index (κ2) is 4.83. The largest absolute Gasteiger partial charge is 0.398 e. The van der Waals surface area contributed by atoms with E-state index in [4.69, 9.17) is 5.73 Å². The maximum absolute atomic E-state index is 13.1. The molecule has 0 bridgehead atoms. The normalized spacial score (nSPS) is 22.0. The molecule has 1 aliphatic rings. The summed E-state index contributed by atoms with van der Waals surface area (Å²) in [5.74, 6) is -0.652. The number of hydrogen-bond acceptors (Lipinski definition) is 4. The number of benzene rings is 1. The molecule has 1 atom stereocenters. The lowest BCUT2D eigenvalue weighted by Crippen LogP contribution is -2.42.